The molecular formula is C14H20N2O2S. The van der Waals surface area contributed by atoms with Crippen molar-refractivity contribution >= 4 is 23.2 Å². The van der Waals surface area contributed by atoms with Gasteiger partial charge in [0, 0.05) is 44.4 Å². The van der Waals surface area contributed by atoms with Gasteiger partial charge in [-0.25, -0.2) is 0 Å². The molecule has 0 N–H and O–H groups in total. The Labute approximate surface area is 118 Å². The Bertz CT molecular complexity index is 431. The molecule has 5 heteroatoms. The van der Waals surface area contributed by atoms with Crippen molar-refractivity contribution in [3.63, 3.8) is 0 Å². The molecule has 1 saturated heterocycles. The second-order valence-electron chi connectivity index (χ2n) is 4.82. The van der Waals surface area contributed by atoms with E-state index in [2.05, 4.69) is 6.07 Å². The molecule has 2 heterocycles. The van der Waals surface area contributed by atoms with Crippen LogP contribution in [0.2, 0.25) is 0 Å². The highest BCUT2D eigenvalue weighted by molar-refractivity contribution is 7.09. The Morgan fingerprint density at radius 2 is 1.95 bits per heavy atom. The third kappa shape index (κ3) is 4.06. The van der Waals surface area contributed by atoms with Crippen LogP contribution in [0, 0.1) is 0 Å². The number of aryl methyl sites for hydroxylation is 1. The molecule has 2 amide bonds. The zero-order valence-corrected chi connectivity index (χ0v) is 12.1. The van der Waals surface area contributed by atoms with E-state index in [0.29, 0.717) is 19.5 Å². The molecule has 0 unspecified atom stereocenters. The Hall–Kier alpha value is -1.36. The minimum Gasteiger partial charge on any atom is -0.341 e. The Balaban J connectivity index is 1.81. The van der Waals surface area contributed by atoms with Crippen LogP contribution < -0.4 is 0 Å². The molecule has 0 atom stereocenters. The summed E-state index contributed by atoms with van der Waals surface area (Å²) in [5.74, 6) is 0.312. The van der Waals surface area contributed by atoms with Gasteiger partial charge in [-0.05, 0) is 24.3 Å². The zero-order chi connectivity index (χ0) is 13.7. The van der Waals surface area contributed by atoms with E-state index in [1.165, 1.54) is 4.88 Å². The van der Waals surface area contributed by atoms with Crippen LogP contribution in [0.4, 0.5) is 0 Å². The summed E-state index contributed by atoms with van der Waals surface area (Å²) < 4.78 is 0. The van der Waals surface area contributed by atoms with Crippen molar-refractivity contribution in [3.05, 3.63) is 22.4 Å². The van der Waals surface area contributed by atoms with Gasteiger partial charge in [0.25, 0.3) is 0 Å². The number of hydrogen-bond acceptors (Lipinski definition) is 3. The Morgan fingerprint density at radius 1 is 1.21 bits per heavy atom. The average molecular weight is 280 g/mol. The first-order chi connectivity index (χ1) is 9.16. The molecule has 1 aliphatic rings. The van der Waals surface area contributed by atoms with E-state index >= 15 is 0 Å². The predicted octanol–water partition coefficient (Wildman–Crippen LogP) is 1.76. The first kappa shape index (κ1) is 14.1. The van der Waals surface area contributed by atoms with Crippen molar-refractivity contribution in [1.82, 2.24) is 9.80 Å². The number of carbonyl (C=O) groups is 2. The van der Waals surface area contributed by atoms with Crippen molar-refractivity contribution in [2.75, 3.05) is 26.2 Å². The number of nitrogens with zero attached hydrogens (tertiary/aromatic N) is 2. The molecule has 0 aromatic carbocycles. The molecule has 19 heavy (non-hydrogen) atoms. The smallest absolute Gasteiger partial charge is 0.222 e. The normalized spacial score (nSPS) is 16.3. The van der Waals surface area contributed by atoms with E-state index in [1.807, 2.05) is 21.2 Å². The molecule has 4 nitrogen and oxygen atoms in total. The van der Waals surface area contributed by atoms with E-state index in [9.17, 15) is 9.59 Å². The van der Waals surface area contributed by atoms with Crippen molar-refractivity contribution in [2.24, 2.45) is 0 Å². The molecule has 0 radical (unpaired) electrons. The Morgan fingerprint density at radius 3 is 2.63 bits per heavy atom. The summed E-state index contributed by atoms with van der Waals surface area (Å²) in [6.07, 6.45) is 2.27. The summed E-state index contributed by atoms with van der Waals surface area (Å²) >= 11 is 1.70. The highest BCUT2D eigenvalue weighted by Crippen LogP contribution is 2.12. The van der Waals surface area contributed by atoms with Gasteiger partial charge >= 0.3 is 0 Å². The van der Waals surface area contributed by atoms with Crippen LogP contribution in [-0.2, 0) is 16.0 Å². The quantitative estimate of drug-likeness (QED) is 0.846. The fraction of sp³-hybridized carbons (Fsp3) is 0.571. The summed E-state index contributed by atoms with van der Waals surface area (Å²) in [6, 6.07) is 4.08. The van der Waals surface area contributed by atoms with Crippen LogP contribution in [-0.4, -0.2) is 47.8 Å². The maximum absolute atomic E-state index is 12.1. The topological polar surface area (TPSA) is 40.6 Å². The summed E-state index contributed by atoms with van der Waals surface area (Å²) in [5.41, 5.74) is 0. The van der Waals surface area contributed by atoms with Gasteiger partial charge in [-0.15, -0.1) is 11.3 Å². The molecule has 1 fully saturated rings. The van der Waals surface area contributed by atoms with Crippen LogP contribution >= 0.6 is 11.3 Å². The highest BCUT2D eigenvalue weighted by Gasteiger charge is 2.19. The first-order valence-corrected chi connectivity index (χ1v) is 7.60. The summed E-state index contributed by atoms with van der Waals surface area (Å²) in [4.78, 5) is 28.5. The molecule has 0 spiro atoms. The van der Waals surface area contributed by atoms with Crippen LogP contribution in [0.5, 0.6) is 0 Å². The number of rotatable bonds is 3. The minimum atomic E-state index is 0.105. The monoisotopic (exact) mass is 280 g/mol. The van der Waals surface area contributed by atoms with Gasteiger partial charge in [0.05, 0.1) is 0 Å². The number of hydrogen-bond donors (Lipinski definition) is 0. The molecule has 0 bridgehead atoms. The van der Waals surface area contributed by atoms with E-state index in [0.717, 1.165) is 25.9 Å². The predicted molar refractivity (Wildman–Crippen MR) is 76.1 cm³/mol. The van der Waals surface area contributed by atoms with Crippen molar-refractivity contribution < 1.29 is 9.59 Å². The van der Waals surface area contributed by atoms with Gasteiger partial charge in [0.2, 0.25) is 11.8 Å². The van der Waals surface area contributed by atoms with Crippen LogP contribution in [0.25, 0.3) is 0 Å². The third-order valence-corrected chi connectivity index (χ3v) is 4.40. The lowest BCUT2D eigenvalue weighted by atomic mass is 10.2. The van der Waals surface area contributed by atoms with E-state index in [1.54, 1.807) is 18.3 Å². The largest absolute Gasteiger partial charge is 0.341 e. The lowest BCUT2D eigenvalue weighted by Crippen LogP contribution is -2.36. The fourth-order valence-electron chi connectivity index (χ4n) is 2.32. The maximum atomic E-state index is 12.1. The van der Waals surface area contributed by atoms with Crippen LogP contribution in [0.3, 0.4) is 0 Å². The summed E-state index contributed by atoms with van der Waals surface area (Å²) in [6.45, 7) is 4.47. The molecule has 0 saturated carbocycles. The molecule has 1 aromatic rings. The molecule has 0 aliphatic carbocycles. The van der Waals surface area contributed by atoms with Gasteiger partial charge in [-0.2, -0.15) is 0 Å². The average Bonchev–Trinajstić information content (AvgIpc) is 2.77. The second kappa shape index (κ2) is 6.70. The standard InChI is InChI=1S/C14H20N2O2S/c1-12(17)15-7-3-8-16(10-9-15)14(18)6-5-13-4-2-11-19-13/h2,4,11H,3,5-10H2,1H3. The highest BCUT2D eigenvalue weighted by atomic mass is 32.1. The molecule has 1 aliphatic heterocycles. The molecular weight excluding hydrogens is 260 g/mol. The maximum Gasteiger partial charge on any atom is 0.222 e. The SMILES string of the molecule is CC(=O)N1CCCN(C(=O)CCc2cccs2)CC1. The number of amides is 2. The molecule has 104 valence electrons. The first-order valence-electron chi connectivity index (χ1n) is 6.72. The van der Waals surface area contributed by atoms with Crippen molar-refractivity contribution in [2.45, 2.75) is 26.2 Å². The van der Waals surface area contributed by atoms with Crippen molar-refractivity contribution in [1.29, 1.82) is 0 Å². The number of thiophene rings is 1. The van der Waals surface area contributed by atoms with Gasteiger partial charge in [-0.1, -0.05) is 6.07 Å². The van der Waals surface area contributed by atoms with Gasteiger partial charge < -0.3 is 9.80 Å². The summed E-state index contributed by atoms with van der Waals surface area (Å²) in [5, 5.41) is 2.04. The fourth-order valence-corrected chi connectivity index (χ4v) is 3.03. The van der Waals surface area contributed by atoms with Gasteiger partial charge in [0.15, 0.2) is 0 Å². The molecule has 2 rings (SSSR count). The van der Waals surface area contributed by atoms with Crippen LogP contribution in [0.15, 0.2) is 17.5 Å². The third-order valence-electron chi connectivity index (χ3n) is 3.46. The minimum absolute atomic E-state index is 0.105. The van der Waals surface area contributed by atoms with Gasteiger partial charge in [-0.3, -0.25) is 9.59 Å². The number of carbonyl (C=O) groups excluding carboxylic acids is 2. The van der Waals surface area contributed by atoms with E-state index in [4.69, 9.17) is 0 Å². The Kier molecular flexibility index (Phi) is 4.96. The van der Waals surface area contributed by atoms with E-state index in [-0.39, 0.29) is 11.8 Å². The lowest BCUT2D eigenvalue weighted by molar-refractivity contribution is -0.132. The summed E-state index contributed by atoms with van der Waals surface area (Å²) in [7, 11) is 0. The second-order valence-corrected chi connectivity index (χ2v) is 5.85. The lowest BCUT2D eigenvalue weighted by Gasteiger charge is -2.21. The van der Waals surface area contributed by atoms with Crippen molar-refractivity contribution in [3.8, 4) is 0 Å². The van der Waals surface area contributed by atoms with Crippen LogP contribution in [0.1, 0.15) is 24.6 Å². The zero-order valence-electron chi connectivity index (χ0n) is 11.3. The van der Waals surface area contributed by atoms with E-state index < -0.39 is 0 Å². The van der Waals surface area contributed by atoms with Gasteiger partial charge in [0.1, 0.15) is 0 Å². The molecule has 1 aromatic heterocycles.